The van der Waals surface area contributed by atoms with E-state index in [1.807, 2.05) is 13.8 Å². The smallest absolute Gasteiger partial charge is 0.792 e. The van der Waals surface area contributed by atoms with Crippen LogP contribution in [0.2, 0.25) is 0 Å². The molecule has 37 heavy (non-hydrogen) atoms. The minimum Gasteiger partial charge on any atom is -0.792 e. The molecule has 4 radical (unpaired) electrons. The van der Waals surface area contributed by atoms with Crippen molar-refractivity contribution >= 4 is 61.1 Å². The summed E-state index contributed by atoms with van der Waals surface area (Å²) >= 11 is 9.35. The predicted molar refractivity (Wildman–Crippen MR) is 163 cm³/mol. The molecular weight excluding hydrogens is 615 g/mol. The second-order valence-corrected chi connectivity index (χ2v) is 8.60. The fraction of sp³-hybridized carbons (Fsp3) is 0.857. The Bertz CT molecular complexity index is 389. The topological polar surface area (TPSA) is 71.1 Å². The van der Waals surface area contributed by atoms with E-state index in [1.165, 1.54) is 12.8 Å². The molecule has 0 heterocycles. The summed E-state index contributed by atoms with van der Waals surface area (Å²) in [6.07, 6.45) is 8.95. The number of unbranched alkanes of at least 4 members (excludes halogenated alkanes) is 2. The van der Waals surface area contributed by atoms with E-state index in [0.717, 1.165) is 51.7 Å². The van der Waals surface area contributed by atoms with Gasteiger partial charge in [0.05, 0.1) is 12.2 Å². The van der Waals surface area contributed by atoms with Crippen LogP contribution in [0, 0.1) is 13.8 Å². The third kappa shape index (κ3) is 46.6. The van der Waals surface area contributed by atoms with Crippen molar-refractivity contribution in [1.29, 1.82) is 0 Å². The van der Waals surface area contributed by atoms with Crippen LogP contribution in [-0.4, -0.2) is 86.0 Å². The average molecular weight is 672 g/mol. The van der Waals surface area contributed by atoms with Crippen molar-refractivity contribution in [3.8, 4) is 0 Å². The molecule has 9 heteroatoms. The van der Waals surface area contributed by atoms with Gasteiger partial charge in [0.25, 0.3) is 0 Å². The van der Waals surface area contributed by atoms with Gasteiger partial charge in [0.1, 0.15) is 13.2 Å². The van der Waals surface area contributed by atoms with Gasteiger partial charge in [-0.25, -0.2) is 0 Å². The Morgan fingerprint density at radius 2 is 0.946 bits per heavy atom. The average Bonchev–Trinajstić information content (AvgIpc) is 2.90. The Kier molecular flexibility index (Phi) is 55.3. The molecule has 0 amide bonds. The van der Waals surface area contributed by atoms with E-state index in [9.17, 15) is 9.59 Å². The number of carbonyl (C=O) groups excluding carboxylic acids is 2. The summed E-state index contributed by atoms with van der Waals surface area (Å²) in [7, 11) is 0. The van der Waals surface area contributed by atoms with Crippen LogP contribution in [0.5, 0.6) is 0 Å². The second kappa shape index (κ2) is 43.4. The van der Waals surface area contributed by atoms with Crippen LogP contribution in [0.3, 0.4) is 0 Å². The number of carbonyl (C=O) groups is 2. The van der Waals surface area contributed by atoms with Crippen molar-refractivity contribution in [3.05, 3.63) is 13.8 Å². The standard InChI is InChI=1S/2C10H20O3S.2C4H9.Sn/c2*1-3-6-12-9(4-2)8-13-10(11)5-7-14;2*1-3-4-2;/h2*9,14H,3-8H2,1-2H3;2*1,3-4H2,2H3;/q;;;;+2/p-2. The SMILES string of the molecule is CCCOC(CC)COC(=O)CC[S-].CCCOC(CC)COC(=O)CC[S-].[CH2]CCC.[CH2]CCC.[Sn+2]. The zero-order valence-electron chi connectivity index (χ0n) is 24.6. The molecule has 2 unspecified atom stereocenters. The van der Waals surface area contributed by atoms with Gasteiger partial charge in [-0.05, 0) is 25.7 Å². The molecule has 0 bridgehead atoms. The number of ether oxygens (including phenoxy) is 4. The summed E-state index contributed by atoms with van der Waals surface area (Å²) in [6, 6.07) is 0. The third-order valence-corrected chi connectivity index (χ3v) is 4.61. The zero-order valence-corrected chi connectivity index (χ0v) is 29.1. The van der Waals surface area contributed by atoms with Crippen molar-refractivity contribution in [2.24, 2.45) is 0 Å². The molecular formula is C28H56O6S2Sn. The normalized spacial score (nSPS) is 11.1. The van der Waals surface area contributed by atoms with E-state index in [0.29, 0.717) is 37.6 Å². The van der Waals surface area contributed by atoms with E-state index in [4.69, 9.17) is 18.9 Å². The molecule has 0 aliphatic rings. The molecule has 0 aliphatic carbocycles. The molecule has 0 N–H and O–H groups in total. The van der Waals surface area contributed by atoms with Crippen molar-refractivity contribution in [3.63, 3.8) is 0 Å². The number of rotatable bonds is 18. The van der Waals surface area contributed by atoms with Crippen LogP contribution >= 0.6 is 0 Å². The number of hydrogen-bond donors (Lipinski definition) is 0. The van der Waals surface area contributed by atoms with Crippen molar-refractivity contribution in [2.45, 2.75) is 118 Å². The predicted octanol–water partition coefficient (Wildman–Crippen LogP) is 6.20. The molecule has 0 saturated heterocycles. The minimum atomic E-state index is -0.224. The first-order valence-corrected chi connectivity index (χ1v) is 14.8. The van der Waals surface area contributed by atoms with Crippen molar-refractivity contribution in [2.75, 3.05) is 37.9 Å². The first kappa shape index (κ1) is 47.2. The van der Waals surface area contributed by atoms with Gasteiger partial charge >= 0.3 is 35.8 Å². The Morgan fingerprint density at radius 1 is 0.649 bits per heavy atom. The van der Waals surface area contributed by atoms with Gasteiger partial charge in [0.2, 0.25) is 0 Å². The molecule has 220 valence electrons. The first-order chi connectivity index (χ1) is 17.3. The molecule has 6 nitrogen and oxygen atoms in total. The summed E-state index contributed by atoms with van der Waals surface area (Å²) in [5.74, 6) is 0.397. The van der Waals surface area contributed by atoms with Gasteiger partial charge in [0, 0.05) is 26.1 Å². The molecule has 0 saturated carbocycles. The summed E-state index contributed by atoms with van der Waals surface area (Å²) < 4.78 is 20.9. The van der Waals surface area contributed by atoms with E-state index < -0.39 is 0 Å². The molecule has 0 rings (SSSR count). The van der Waals surface area contributed by atoms with E-state index in [-0.39, 0.29) is 48.1 Å². The van der Waals surface area contributed by atoms with Gasteiger partial charge in [-0.2, -0.15) is 11.5 Å². The number of hydrogen-bond acceptors (Lipinski definition) is 8. The van der Waals surface area contributed by atoms with Gasteiger partial charge in [-0.15, -0.1) is 0 Å². The van der Waals surface area contributed by atoms with E-state index in [1.54, 1.807) is 0 Å². The van der Waals surface area contributed by atoms with Crippen LogP contribution in [0.15, 0.2) is 0 Å². The summed E-state index contributed by atoms with van der Waals surface area (Å²) in [5.41, 5.74) is 0. The molecule has 0 aromatic heterocycles. The minimum absolute atomic E-state index is 0. The van der Waals surface area contributed by atoms with Gasteiger partial charge in [-0.1, -0.05) is 81.1 Å². The van der Waals surface area contributed by atoms with Crippen LogP contribution in [0.1, 0.15) is 106 Å². The van der Waals surface area contributed by atoms with Crippen molar-refractivity contribution in [1.82, 2.24) is 0 Å². The second-order valence-electron chi connectivity index (χ2n) is 7.78. The number of esters is 2. The Labute approximate surface area is 258 Å². The fourth-order valence-electron chi connectivity index (χ4n) is 1.82. The van der Waals surface area contributed by atoms with E-state index >= 15 is 0 Å². The van der Waals surface area contributed by atoms with Gasteiger partial charge in [-0.3, -0.25) is 9.59 Å². The third-order valence-electron chi connectivity index (χ3n) is 4.21. The summed E-state index contributed by atoms with van der Waals surface area (Å²) in [4.78, 5) is 22.0. The monoisotopic (exact) mass is 672 g/mol. The molecule has 0 aromatic rings. The maximum atomic E-state index is 11.0. The first-order valence-electron chi connectivity index (χ1n) is 13.6. The Balaban J connectivity index is -0.000000140. The summed E-state index contributed by atoms with van der Waals surface area (Å²) in [6.45, 7) is 21.7. The van der Waals surface area contributed by atoms with Crippen LogP contribution < -0.4 is 0 Å². The largest absolute Gasteiger partial charge is 2.00 e. The zero-order chi connectivity index (χ0) is 28.5. The quantitative estimate of drug-likeness (QED) is 0.0970. The molecule has 0 aliphatic heterocycles. The van der Waals surface area contributed by atoms with Crippen LogP contribution in [0.25, 0.3) is 0 Å². The summed E-state index contributed by atoms with van der Waals surface area (Å²) in [5, 5.41) is 0. The maximum absolute atomic E-state index is 11.0. The molecule has 2 atom stereocenters. The van der Waals surface area contributed by atoms with Gasteiger partial charge < -0.3 is 44.2 Å². The van der Waals surface area contributed by atoms with Crippen LogP contribution in [-0.2, 0) is 53.8 Å². The van der Waals surface area contributed by atoms with Crippen molar-refractivity contribution < 1.29 is 28.5 Å². The van der Waals surface area contributed by atoms with E-state index in [2.05, 4.69) is 66.8 Å². The van der Waals surface area contributed by atoms with Crippen LogP contribution in [0.4, 0.5) is 0 Å². The molecule has 0 fully saturated rings. The van der Waals surface area contributed by atoms with Gasteiger partial charge in [0.15, 0.2) is 0 Å². The Hall–Kier alpha value is 0.359. The fourth-order valence-corrected chi connectivity index (χ4v) is 2.15. The molecule has 0 spiro atoms. The Morgan fingerprint density at radius 3 is 1.14 bits per heavy atom. The maximum Gasteiger partial charge on any atom is 2.00 e. The molecule has 0 aromatic carbocycles.